The number of methoxy groups -OCH3 is 1. The van der Waals surface area contributed by atoms with Gasteiger partial charge in [-0.2, -0.15) is 0 Å². The molecule has 1 aromatic heterocycles. The Bertz CT molecular complexity index is 402. The fourth-order valence-electron chi connectivity index (χ4n) is 1.52. The van der Waals surface area contributed by atoms with Gasteiger partial charge in [0.2, 0.25) is 5.88 Å². The van der Waals surface area contributed by atoms with Gasteiger partial charge in [0.1, 0.15) is 0 Å². The minimum atomic E-state index is -0.721. The SMILES string of the molecule is COc1cc(NCC2(C(=O)O)CC2)ccn1. The summed E-state index contributed by atoms with van der Waals surface area (Å²) >= 11 is 0. The van der Waals surface area contributed by atoms with Crippen LogP contribution in [0.4, 0.5) is 5.69 Å². The van der Waals surface area contributed by atoms with Crippen LogP contribution in [-0.2, 0) is 4.79 Å². The number of aliphatic carboxylic acids is 1. The molecule has 0 saturated heterocycles. The summed E-state index contributed by atoms with van der Waals surface area (Å²) in [6.45, 7) is 0.454. The lowest BCUT2D eigenvalue weighted by molar-refractivity contribution is -0.142. The van der Waals surface area contributed by atoms with E-state index in [9.17, 15) is 4.79 Å². The average molecular weight is 222 g/mol. The Kier molecular flexibility index (Phi) is 2.68. The van der Waals surface area contributed by atoms with E-state index in [0.29, 0.717) is 12.4 Å². The molecule has 2 N–H and O–H groups in total. The van der Waals surface area contributed by atoms with Crippen LogP contribution in [0, 0.1) is 5.41 Å². The van der Waals surface area contributed by atoms with Crippen LogP contribution in [0.5, 0.6) is 5.88 Å². The monoisotopic (exact) mass is 222 g/mol. The van der Waals surface area contributed by atoms with Gasteiger partial charge in [0.05, 0.1) is 12.5 Å². The van der Waals surface area contributed by atoms with Gasteiger partial charge in [-0.3, -0.25) is 4.79 Å². The third-order valence-electron chi connectivity index (χ3n) is 2.88. The van der Waals surface area contributed by atoms with E-state index in [0.717, 1.165) is 18.5 Å². The lowest BCUT2D eigenvalue weighted by Crippen LogP contribution is -2.24. The molecule has 1 fully saturated rings. The summed E-state index contributed by atoms with van der Waals surface area (Å²) in [6, 6.07) is 3.54. The van der Waals surface area contributed by atoms with Crippen molar-refractivity contribution in [3.63, 3.8) is 0 Å². The first-order valence-corrected chi connectivity index (χ1v) is 5.14. The summed E-state index contributed by atoms with van der Waals surface area (Å²) in [5, 5.41) is 12.1. The molecule has 0 bridgehead atoms. The smallest absolute Gasteiger partial charge is 0.311 e. The van der Waals surface area contributed by atoms with Crippen molar-refractivity contribution in [2.45, 2.75) is 12.8 Å². The molecule has 5 heteroatoms. The van der Waals surface area contributed by atoms with Crippen molar-refractivity contribution in [2.75, 3.05) is 19.0 Å². The molecule has 1 saturated carbocycles. The van der Waals surface area contributed by atoms with E-state index in [1.54, 1.807) is 25.4 Å². The van der Waals surface area contributed by atoms with Crippen molar-refractivity contribution in [1.29, 1.82) is 0 Å². The first-order chi connectivity index (χ1) is 7.66. The number of carbonyl (C=O) groups is 1. The van der Waals surface area contributed by atoms with E-state index in [1.807, 2.05) is 0 Å². The zero-order valence-electron chi connectivity index (χ0n) is 9.06. The zero-order chi connectivity index (χ0) is 11.6. The Labute approximate surface area is 93.5 Å². The van der Waals surface area contributed by atoms with Gasteiger partial charge in [-0.1, -0.05) is 0 Å². The van der Waals surface area contributed by atoms with Crippen LogP contribution in [0.25, 0.3) is 0 Å². The number of nitrogens with zero attached hydrogens (tertiary/aromatic N) is 1. The van der Waals surface area contributed by atoms with Crippen LogP contribution < -0.4 is 10.1 Å². The van der Waals surface area contributed by atoms with Crippen LogP contribution in [0.15, 0.2) is 18.3 Å². The molecule has 0 unspecified atom stereocenters. The van der Waals surface area contributed by atoms with Gasteiger partial charge in [-0.15, -0.1) is 0 Å². The van der Waals surface area contributed by atoms with Gasteiger partial charge in [0.15, 0.2) is 0 Å². The molecule has 2 rings (SSSR count). The first kappa shape index (κ1) is 10.7. The van der Waals surface area contributed by atoms with Crippen LogP contribution >= 0.6 is 0 Å². The number of ether oxygens (including phenoxy) is 1. The van der Waals surface area contributed by atoms with Gasteiger partial charge in [0, 0.05) is 24.5 Å². The highest BCUT2D eigenvalue weighted by molar-refractivity contribution is 5.78. The minimum Gasteiger partial charge on any atom is -0.481 e. The van der Waals surface area contributed by atoms with Gasteiger partial charge >= 0.3 is 5.97 Å². The second-order valence-corrected chi connectivity index (χ2v) is 4.03. The summed E-state index contributed by atoms with van der Waals surface area (Å²) < 4.78 is 4.98. The van der Waals surface area contributed by atoms with E-state index in [2.05, 4.69) is 10.3 Å². The Hall–Kier alpha value is -1.78. The maximum absolute atomic E-state index is 11.0. The zero-order valence-corrected chi connectivity index (χ0v) is 9.06. The van der Waals surface area contributed by atoms with Gasteiger partial charge in [-0.05, 0) is 18.9 Å². The fourth-order valence-corrected chi connectivity index (χ4v) is 1.52. The topological polar surface area (TPSA) is 71.5 Å². The second kappa shape index (κ2) is 4.00. The highest BCUT2D eigenvalue weighted by Crippen LogP contribution is 2.45. The van der Waals surface area contributed by atoms with Gasteiger partial charge in [0.25, 0.3) is 0 Å². The molecular weight excluding hydrogens is 208 g/mol. The van der Waals surface area contributed by atoms with Crippen LogP contribution in [0.2, 0.25) is 0 Å². The summed E-state index contributed by atoms with van der Waals surface area (Å²) in [6.07, 6.45) is 3.12. The maximum atomic E-state index is 11.0. The number of carboxylic acid groups (broad SMARTS) is 1. The highest BCUT2D eigenvalue weighted by Gasteiger charge is 2.49. The number of hydrogen-bond acceptors (Lipinski definition) is 4. The molecule has 0 amide bonds. The molecule has 86 valence electrons. The lowest BCUT2D eigenvalue weighted by atomic mass is 10.1. The number of anilines is 1. The number of nitrogens with one attached hydrogen (secondary N) is 1. The van der Waals surface area contributed by atoms with Crippen molar-refractivity contribution >= 4 is 11.7 Å². The number of aromatic nitrogens is 1. The average Bonchev–Trinajstić information content (AvgIpc) is 3.08. The Morgan fingerprint density at radius 1 is 1.69 bits per heavy atom. The number of carboxylic acids is 1. The molecule has 0 aromatic carbocycles. The molecule has 0 atom stereocenters. The van der Waals surface area contributed by atoms with E-state index in [1.165, 1.54) is 0 Å². The Morgan fingerprint density at radius 3 is 3.00 bits per heavy atom. The highest BCUT2D eigenvalue weighted by atomic mass is 16.5. The normalized spacial score (nSPS) is 16.6. The third-order valence-corrected chi connectivity index (χ3v) is 2.88. The van der Waals surface area contributed by atoms with E-state index in [-0.39, 0.29) is 0 Å². The van der Waals surface area contributed by atoms with Crippen molar-refractivity contribution in [2.24, 2.45) is 5.41 Å². The Balaban J connectivity index is 1.97. The number of pyridine rings is 1. The molecule has 16 heavy (non-hydrogen) atoms. The van der Waals surface area contributed by atoms with Crippen LogP contribution in [0.3, 0.4) is 0 Å². The van der Waals surface area contributed by atoms with Gasteiger partial charge in [-0.25, -0.2) is 4.98 Å². The lowest BCUT2D eigenvalue weighted by Gasteiger charge is -2.12. The molecule has 0 spiro atoms. The van der Waals surface area contributed by atoms with Gasteiger partial charge < -0.3 is 15.2 Å². The molecule has 1 heterocycles. The predicted octanol–water partition coefficient (Wildman–Crippen LogP) is 1.37. The largest absolute Gasteiger partial charge is 0.481 e. The summed E-state index contributed by atoms with van der Waals surface area (Å²) in [5.74, 6) is -0.203. The Morgan fingerprint density at radius 2 is 2.44 bits per heavy atom. The second-order valence-electron chi connectivity index (χ2n) is 4.03. The molecule has 1 aliphatic carbocycles. The van der Waals surface area contributed by atoms with E-state index in [4.69, 9.17) is 9.84 Å². The summed E-state index contributed by atoms with van der Waals surface area (Å²) in [4.78, 5) is 14.9. The molecule has 0 aliphatic heterocycles. The number of hydrogen-bond donors (Lipinski definition) is 2. The van der Waals surface area contributed by atoms with Crippen LogP contribution in [0.1, 0.15) is 12.8 Å². The number of rotatable bonds is 5. The quantitative estimate of drug-likeness (QED) is 0.787. The maximum Gasteiger partial charge on any atom is 0.311 e. The third kappa shape index (κ3) is 2.08. The molecule has 0 radical (unpaired) electrons. The molecule has 1 aromatic rings. The van der Waals surface area contributed by atoms with E-state index >= 15 is 0 Å². The standard InChI is InChI=1S/C11H14N2O3/c1-16-9-6-8(2-5-12-9)13-7-11(3-4-11)10(14)15/h2,5-6H,3-4,7H2,1H3,(H,12,13)(H,14,15). The first-order valence-electron chi connectivity index (χ1n) is 5.14. The molecular formula is C11H14N2O3. The summed E-state index contributed by atoms with van der Waals surface area (Å²) in [7, 11) is 1.55. The predicted molar refractivity (Wildman–Crippen MR) is 58.6 cm³/mol. The van der Waals surface area contributed by atoms with E-state index < -0.39 is 11.4 Å². The van der Waals surface area contributed by atoms with Crippen molar-refractivity contribution in [1.82, 2.24) is 4.98 Å². The fraction of sp³-hybridized carbons (Fsp3) is 0.455. The minimum absolute atomic E-state index is 0.454. The van der Waals surface area contributed by atoms with Crippen LogP contribution in [-0.4, -0.2) is 29.7 Å². The van der Waals surface area contributed by atoms with Crippen molar-refractivity contribution < 1.29 is 14.6 Å². The van der Waals surface area contributed by atoms with Crippen molar-refractivity contribution in [3.05, 3.63) is 18.3 Å². The van der Waals surface area contributed by atoms with Crippen molar-refractivity contribution in [3.8, 4) is 5.88 Å². The molecule has 1 aliphatic rings. The summed E-state index contributed by atoms with van der Waals surface area (Å²) in [5.41, 5.74) is 0.274. The molecule has 5 nitrogen and oxygen atoms in total.